The molecule has 6 heteroatoms. The molecule has 0 unspecified atom stereocenters. The average molecular weight is 204 g/mol. The zero-order chi connectivity index (χ0) is 5.41. The summed E-state index contributed by atoms with van der Waals surface area (Å²) in [6.07, 6.45) is 0. The first kappa shape index (κ1) is 38.0. The van der Waals surface area contributed by atoms with Gasteiger partial charge in [-0.1, -0.05) is 0 Å². The summed E-state index contributed by atoms with van der Waals surface area (Å²) in [6, 6.07) is 0. The van der Waals surface area contributed by atoms with Gasteiger partial charge in [0.1, 0.15) is 0 Å². The monoisotopic (exact) mass is 204 g/mol. The molecule has 0 aliphatic carbocycles. The number of aliphatic hydroxyl groups is 2. The third-order valence-corrected chi connectivity index (χ3v) is 0. The Bertz CT molecular complexity index is 17.2. The summed E-state index contributed by atoms with van der Waals surface area (Å²) >= 11 is 0. The fourth-order valence-electron chi connectivity index (χ4n) is 0. The summed E-state index contributed by atoms with van der Waals surface area (Å²) in [5.41, 5.74) is 0. The van der Waals surface area contributed by atoms with Crippen molar-refractivity contribution in [1.82, 2.24) is 0 Å². The maximum Gasteiger partial charge on any atom is 1.00 e. The van der Waals surface area contributed by atoms with Crippen molar-refractivity contribution < 1.29 is 124 Å². The SMILES string of the molecule is CCO.CCO.[K+].[K+].[OH-].[OH-]. The minimum atomic E-state index is 0. The van der Waals surface area contributed by atoms with E-state index in [0.29, 0.717) is 0 Å². The molecular weight excluding hydrogens is 190 g/mol. The molecule has 10 heavy (non-hydrogen) atoms. The van der Waals surface area contributed by atoms with Crippen molar-refractivity contribution in [3.8, 4) is 0 Å². The van der Waals surface area contributed by atoms with Gasteiger partial charge in [0.25, 0.3) is 0 Å². The zero-order valence-electron chi connectivity index (χ0n) is 7.20. The van der Waals surface area contributed by atoms with Crippen LogP contribution >= 0.6 is 0 Å². The van der Waals surface area contributed by atoms with Crippen LogP contribution < -0.4 is 103 Å². The van der Waals surface area contributed by atoms with Crippen LogP contribution in [0.25, 0.3) is 0 Å². The quantitative estimate of drug-likeness (QED) is 0.383. The van der Waals surface area contributed by atoms with Crippen molar-refractivity contribution >= 4 is 0 Å². The van der Waals surface area contributed by atoms with Crippen molar-refractivity contribution in [3.05, 3.63) is 0 Å². The fraction of sp³-hybridized carbons (Fsp3) is 1.00. The van der Waals surface area contributed by atoms with Crippen LogP contribution in [-0.4, -0.2) is 34.4 Å². The van der Waals surface area contributed by atoms with Crippen LogP contribution in [0.4, 0.5) is 0 Å². The van der Waals surface area contributed by atoms with Crippen LogP contribution in [0, 0.1) is 0 Å². The largest absolute Gasteiger partial charge is 1.00 e. The van der Waals surface area contributed by atoms with E-state index < -0.39 is 0 Å². The van der Waals surface area contributed by atoms with E-state index in [1.807, 2.05) is 0 Å². The molecule has 0 amide bonds. The van der Waals surface area contributed by atoms with Crippen LogP contribution in [0.5, 0.6) is 0 Å². The van der Waals surface area contributed by atoms with Gasteiger partial charge in [-0.15, -0.1) is 0 Å². The molecule has 0 atom stereocenters. The molecule has 0 radical (unpaired) electrons. The molecule has 0 heterocycles. The van der Waals surface area contributed by atoms with Gasteiger partial charge in [0.05, 0.1) is 0 Å². The van der Waals surface area contributed by atoms with Crippen LogP contribution in [0.3, 0.4) is 0 Å². The summed E-state index contributed by atoms with van der Waals surface area (Å²) in [6.45, 7) is 3.86. The number of rotatable bonds is 0. The first-order valence-electron chi connectivity index (χ1n) is 2.05. The van der Waals surface area contributed by atoms with Crippen molar-refractivity contribution in [1.29, 1.82) is 0 Å². The zero-order valence-corrected chi connectivity index (χ0v) is 13.4. The molecule has 0 aromatic heterocycles. The van der Waals surface area contributed by atoms with Gasteiger partial charge in [0, 0.05) is 13.2 Å². The van der Waals surface area contributed by atoms with Crippen LogP contribution in [-0.2, 0) is 0 Å². The summed E-state index contributed by atoms with van der Waals surface area (Å²) in [5, 5.41) is 15.1. The van der Waals surface area contributed by atoms with Gasteiger partial charge in [0.2, 0.25) is 0 Å². The second kappa shape index (κ2) is 57.2. The van der Waals surface area contributed by atoms with Crippen LogP contribution in [0.1, 0.15) is 13.8 Å². The molecule has 4 N–H and O–H groups in total. The fourth-order valence-corrected chi connectivity index (χ4v) is 0. The number of hydrogen-bond acceptors (Lipinski definition) is 4. The standard InChI is InChI=1S/2C2H6O.2K.2H2O/c2*1-2-3;;;;/h2*3H,2H2,1H3;;;2*1H2/q;;2*+1;;/p-2. The number of hydrogen-bond donors (Lipinski definition) is 2. The normalized spacial score (nSPS) is 3.60. The molecule has 4 nitrogen and oxygen atoms in total. The van der Waals surface area contributed by atoms with Gasteiger partial charge in [-0.3, -0.25) is 0 Å². The Labute approximate surface area is 147 Å². The van der Waals surface area contributed by atoms with E-state index in [2.05, 4.69) is 0 Å². The maximum atomic E-state index is 7.57. The van der Waals surface area contributed by atoms with E-state index >= 15 is 0 Å². The second-order valence-electron chi connectivity index (χ2n) is 0.632. The van der Waals surface area contributed by atoms with E-state index in [1.54, 1.807) is 13.8 Å². The van der Waals surface area contributed by atoms with E-state index in [-0.39, 0.29) is 127 Å². The smallest absolute Gasteiger partial charge is 0.870 e. The third kappa shape index (κ3) is 117. The summed E-state index contributed by atoms with van der Waals surface area (Å²) in [5.74, 6) is 0. The molecule has 0 fully saturated rings. The van der Waals surface area contributed by atoms with Gasteiger partial charge < -0.3 is 21.2 Å². The van der Waals surface area contributed by atoms with Crippen molar-refractivity contribution in [2.24, 2.45) is 0 Å². The topological polar surface area (TPSA) is 100 Å². The molecule has 0 aliphatic heterocycles. The second-order valence-corrected chi connectivity index (χ2v) is 0.632. The Hall–Kier alpha value is 3.11. The molecule has 0 spiro atoms. The summed E-state index contributed by atoms with van der Waals surface area (Å²) in [7, 11) is 0. The molecule has 0 bridgehead atoms. The molecule has 0 saturated carbocycles. The Morgan fingerprint density at radius 2 is 0.800 bits per heavy atom. The molecule has 0 aromatic carbocycles. The molecular formula is C4H14K2O4. The molecule has 0 aliphatic rings. The number of aliphatic hydroxyl groups excluding tert-OH is 2. The third-order valence-electron chi connectivity index (χ3n) is 0. The van der Waals surface area contributed by atoms with Gasteiger partial charge in [-0.2, -0.15) is 0 Å². The summed E-state index contributed by atoms with van der Waals surface area (Å²) < 4.78 is 0. The van der Waals surface area contributed by atoms with Crippen LogP contribution in [0.15, 0.2) is 0 Å². The van der Waals surface area contributed by atoms with E-state index in [4.69, 9.17) is 10.2 Å². The van der Waals surface area contributed by atoms with Crippen LogP contribution in [0.2, 0.25) is 0 Å². The predicted octanol–water partition coefficient (Wildman–Crippen LogP) is -6.35. The molecule has 0 saturated heterocycles. The van der Waals surface area contributed by atoms with Crippen molar-refractivity contribution in [2.75, 3.05) is 13.2 Å². The molecule has 0 rings (SSSR count). The Kier molecular flexibility index (Phi) is 218. The van der Waals surface area contributed by atoms with Gasteiger partial charge in [-0.05, 0) is 13.8 Å². The first-order chi connectivity index (χ1) is 2.83. The first-order valence-corrected chi connectivity index (χ1v) is 2.05. The van der Waals surface area contributed by atoms with Crippen molar-refractivity contribution in [2.45, 2.75) is 13.8 Å². The minimum absolute atomic E-state index is 0. The minimum Gasteiger partial charge on any atom is -0.870 e. The summed E-state index contributed by atoms with van der Waals surface area (Å²) in [4.78, 5) is 0. The predicted molar refractivity (Wildman–Crippen MR) is 29.4 cm³/mol. The Morgan fingerprint density at radius 3 is 0.800 bits per heavy atom. The van der Waals surface area contributed by atoms with Gasteiger partial charge in [0.15, 0.2) is 0 Å². The Balaban J connectivity index is -0.00000000571. The maximum absolute atomic E-state index is 7.57. The average Bonchev–Trinajstić information content (AvgIpc) is 1.39. The van der Waals surface area contributed by atoms with Crippen molar-refractivity contribution in [3.63, 3.8) is 0 Å². The molecule has 0 aromatic rings. The van der Waals surface area contributed by atoms with E-state index in [1.165, 1.54) is 0 Å². The van der Waals surface area contributed by atoms with E-state index in [0.717, 1.165) is 0 Å². The molecule has 56 valence electrons. The Morgan fingerprint density at radius 1 is 0.800 bits per heavy atom. The van der Waals surface area contributed by atoms with E-state index in [9.17, 15) is 0 Å². The van der Waals surface area contributed by atoms with Gasteiger partial charge >= 0.3 is 103 Å². The van der Waals surface area contributed by atoms with Gasteiger partial charge in [-0.25, -0.2) is 0 Å².